The van der Waals surface area contributed by atoms with Crippen LogP contribution in [0.2, 0.25) is 5.02 Å². The third kappa shape index (κ3) is 38.7. The van der Waals surface area contributed by atoms with Crippen molar-refractivity contribution in [1.29, 1.82) is 0 Å². The van der Waals surface area contributed by atoms with Gasteiger partial charge in [-0.25, -0.2) is 14.8 Å². The Kier molecular flexibility index (Phi) is 42.5. The number of furan rings is 1. The van der Waals surface area contributed by atoms with Gasteiger partial charge in [-0.15, -0.1) is 22.7 Å². The maximum Gasteiger partial charge on any atom is 0.343 e. The van der Waals surface area contributed by atoms with Crippen molar-refractivity contribution in [3.05, 3.63) is 448 Å². The molecule has 0 saturated carbocycles. The number of halogens is 1. The molecule has 0 amide bonds. The van der Waals surface area contributed by atoms with Crippen LogP contribution in [0.4, 0.5) is 0 Å². The second kappa shape index (κ2) is 53.3. The van der Waals surface area contributed by atoms with Crippen molar-refractivity contribution in [3.8, 4) is 83.8 Å². The summed E-state index contributed by atoms with van der Waals surface area (Å²) in [5.74, 6) is 8.25. The van der Waals surface area contributed by atoms with Crippen LogP contribution in [0.3, 0.4) is 0 Å². The molecule has 0 spiro atoms. The van der Waals surface area contributed by atoms with Crippen molar-refractivity contribution in [2.75, 3.05) is 13.7 Å². The fourth-order valence-electron chi connectivity index (χ4n) is 14.4. The molecule has 0 saturated heterocycles. The molecule has 0 radical (unpaired) electrons. The van der Waals surface area contributed by atoms with Crippen molar-refractivity contribution in [2.24, 2.45) is 5.92 Å². The van der Waals surface area contributed by atoms with Crippen LogP contribution in [0.25, 0.3) is 54.4 Å². The number of nitrogens with zero attached hydrogens (tertiary/aromatic N) is 2. The van der Waals surface area contributed by atoms with E-state index >= 15 is 0 Å². The maximum absolute atomic E-state index is 12.0. The number of para-hydroxylation sites is 2. The van der Waals surface area contributed by atoms with Gasteiger partial charge in [-0.05, 0) is 204 Å². The normalized spacial score (nSPS) is 11.5. The standard InChI is InChI=1S/C17H18O2.2C16H18O.C16H18.C15H18O.C14H16O.C14H22O.C13H14ClNS.C13H15NS/c1-17(2,3)14-10-7-11-15(12-14)19-16(18)13-8-5-4-6-9-13;1-16(2,3)13-8-7-11-15(12-13)17-14-9-5-4-6-10-14;1-16(2,3)13-9-11-15(12-10-13)17-14-7-5-4-6-8-14;1-16(2,3)15-11-9-14(10-12-15)13-7-5-4-6-8-13;1-15(2,3)13-9-10-14(16-4)12-8-6-5-7-11(12)13;1-14(2,3)13-10-9-12(15-13)11-7-5-4-6-8-11;1-11(2)10-15-13-8-6-7-12(9-13)14(3,4)5;1-13(2,3)11-8-16-12(15-11)9-4-6-10(14)7-5-9;1-13(2,3)11-9-15-12(14-11)10-7-5-4-6-8-10/h4-12H,1-3H3;2*4-12H,1-3H3;4-12H,1-3H3;5-10H,1-4H3;4-10H,1-3H3;6-9,11H,10H2,1-5H3;4-8H,1-3H3;4-9H,1-3H3. The highest BCUT2D eigenvalue weighted by Crippen LogP contribution is 2.39. The summed E-state index contributed by atoms with van der Waals surface area (Å²) in [5, 5.41) is 9.69. The summed E-state index contributed by atoms with van der Waals surface area (Å²) >= 11 is 9.26. The molecule has 3 aromatic heterocycles. The Morgan fingerprint density at radius 1 is 0.308 bits per heavy atom. The van der Waals surface area contributed by atoms with E-state index in [0.717, 1.165) is 90.0 Å². The number of carbonyl (C=O) groups is 1. The third-order valence-corrected chi connectivity index (χ3v) is 25.4. The van der Waals surface area contributed by atoms with Gasteiger partial charge in [0.25, 0.3) is 0 Å². The molecular formula is C134H157ClN2O7S2. The van der Waals surface area contributed by atoms with Gasteiger partial charge in [0.2, 0.25) is 0 Å². The lowest BCUT2D eigenvalue weighted by Gasteiger charge is -2.22. The van der Waals surface area contributed by atoms with Crippen LogP contribution < -0.4 is 23.7 Å². The summed E-state index contributed by atoms with van der Waals surface area (Å²) < 4.78 is 33.9. The highest BCUT2D eigenvalue weighted by atomic mass is 35.5. The molecule has 0 aliphatic heterocycles. The first kappa shape index (κ1) is 116. The van der Waals surface area contributed by atoms with Crippen LogP contribution in [-0.4, -0.2) is 29.7 Å². The van der Waals surface area contributed by atoms with E-state index < -0.39 is 0 Å². The maximum atomic E-state index is 12.0. The second-order valence-corrected chi connectivity index (χ2v) is 48.1. The first-order valence-electron chi connectivity index (χ1n) is 50.6. The van der Waals surface area contributed by atoms with E-state index in [2.05, 4.69) is 379 Å². The Labute approximate surface area is 888 Å². The molecule has 0 aliphatic rings. The lowest BCUT2D eigenvalue weighted by Crippen LogP contribution is -2.12. The summed E-state index contributed by atoms with van der Waals surface area (Å²) in [5.41, 5.74) is 18.0. The fourth-order valence-corrected chi connectivity index (χ4v) is 16.7. The van der Waals surface area contributed by atoms with Crippen molar-refractivity contribution in [1.82, 2.24) is 9.97 Å². The summed E-state index contributed by atoms with van der Waals surface area (Å²) in [6.07, 6.45) is 0. The number of hydrogen-bond acceptors (Lipinski definition) is 11. The highest BCUT2D eigenvalue weighted by Gasteiger charge is 2.25. The molecule has 17 rings (SSSR count). The molecule has 764 valence electrons. The monoisotopic (exact) mass is 2010 g/mol. The average molecular weight is 2010 g/mol. The molecule has 12 heteroatoms. The predicted molar refractivity (Wildman–Crippen MR) is 625 cm³/mol. The first-order chi connectivity index (χ1) is 68.7. The molecule has 0 aliphatic carbocycles. The van der Waals surface area contributed by atoms with Gasteiger partial charge in [-0.2, -0.15) is 0 Å². The minimum atomic E-state index is -0.327. The average Bonchev–Trinajstić information content (AvgIpc) is 1.03. The first-order valence-corrected chi connectivity index (χ1v) is 52.7. The lowest BCUT2D eigenvalue weighted by atomic mass is 9.83. The zero-order chi connectivity index (χ0) is 107. The number of fused-ring (bicyclic) bond motifs is 1. The smallest absolute Gasteiger partial charge is 0.343 e. The minimum absolute atomic E-state index is 0.0369. The molecule has 17 aromatic rings. The van der Waals surface area contributed by atoms with Crippen molar-refractivity contribution < 1.29 is 32.9 Å². The fraction of sp³-hybridized carbons (Fsp3) is 0.306. The zero-order valence-corrected chi connectivity index (χ0v) is 94.6. The number of carbonyl (C=O) groups excluding carboxylic acids is 1. The molecule has 0 N–H and O–H groups in total. The molecule has 9 nitrogen and oxygen atoms in total. The Morgan fingerprint density at radius 2 is 0.658 bits per heavy atom. The van der Waals surface area contributed by atoms with Gasteiger partial charge < -0.3 is 28.1 Å². The Hall–Kier alpha value is -13.2. The summed E-state index contributed by atoms with van der Waals surface area (Å²) in [6.45, 7) is 64.4. The molecule has 3 heterocycles. The number of methoxy groups -OCH3 is 1. The number of esters is 1. The number of ether oxygens (including phenoxy) is 5. The van der Waals surface area contributed by atoms with Gasteiger partial charge in [0.15, 0.2) is 0 Å². The molecule has 146 heavy (non-hydrogen) atoms. The lowest BCUT2D eigenvalue weighted by molar-refractivity contribution is 0.0734. The molecule has 0 bridgehead atoms. The van der Waals surface area contributed by atoms with Crippen molar-refractivity contribution in [3.63, 3.8) is 0 Å². The SMILES string of the molecule is CC(C)(C)c1ccc(-c2ccccc2)cc1.CC(C)(C)c1ccc(-c2ccccc2)o1.CC(C)(C)c1ccc(Oc2ccccc2)cc1.CC(C)(C)c1cccc(OC(=O)c2ccccc2)c1.CC(C)(C)c1cccc(Oc2ccccc2)c1.CC(C)(C)c1csc(-c2ccc(Cl)cc2)n1.CC(C)(C)c1csc(-c2ccccc2)n1.CC(C)COc1cccc(C(C)(C)C)c1.COc1ccc(C(C)(C)C)c2ccccc12. The van der Waals surface area contributed by atoms with E-state index in [1.54, 1.807) is 48.0 Å². The van der Waals surface area contributed by atoms with Crippen molar-refractivity contribution >= 4 is 51.0 Å². The third-order valence-electron chi connectivity index (χ3n) is 23.4. The summed E-state index contributed by atoms with van der Waals surface area (Å²) in [6, 6.07) is 126. The van der Waals surface area contributed by atoms with Gasteiger partial charge in [0.1, 0.15) is 61.8 Å². The van der Waals surface area contributed by atoms with E-state index in [1.807, 2.05) is 200 Å². The summed E-state index contributed by atoms with van der Waals surface area (Å²) in [7, 11) is 1.72. The van der Waals surface area contributed by atoms with E-state index in [-0.39, 0.29) is 54.7 Å². The number of rotatable bonds is 14. The molecule has 14 aromatic carbocycles. The number of hydrogen-bond donors (Lipinski definition) is 0. The molecule has 0 atom stereocenters. The van der Waals surface area contributed by atoms with Crippen LogP contribution in [0.1, 0.15) is 262 Å². The van der Waals surface area contributed by atoms with Gasteiger partial charge in [-0.1, -0.05) is 473 Å². The van der Waals surface area contributed by atoms with Crippen LogP contribution in [-0.2, 0) is 48.7 Å². The molecular weight excluding hydrogens is 1850 g/mol. The quantitative estimate of drug-likeness (QED) is 0.0778. The Balaban J connectivity index is 0.000000183. The number of benzene rings is 14. The van der Waals surface area contributed by atoms with Gasteiger partial charge >= 0.3 is 5.97 Å². The van der Waals surface area contributed by atoms with Crippen LogP contribution in [0.5, 0.6) is 40.2 Å². The largest absolute Gasteiger partial charge is 0.496 e. The van der Waals surface area contributed by atoms with Crippen LogP contribution in [0.15, 0.2) is 391 Å². The predicted octanol–water partition coefficient (Wildman–Crippen LogP) is 39.7. The van der Waals surface area contributed by atoms with E-state index in [1.165, 1.54) is 61.0 Å². The molecule has 0 unspecified atom stereocenters. The minimum Gasteiger partial charge on any atom is -0.496 e. The van der Waals surface area contributed by atoms with Crippen LogP contribution in [0, 0.1) is 5.92 Å². The summed E-state index contributed by atoms with van der Waals surface area (Å²) in [4.78, 5) is 21.3. The van der Waals surface area contributed by atoms with E-state index in [4.69, 9.17) is 39.7 Å². The number of thiazole rings is 2. The van der Waals surface area contributed by atoms with Crippen molar-refractivity contribution in [2.45, 2.75) is 250 Å². The van der Waals surface area contributed by atoms with E-state index in [0.29, 0.717) is 17.2 Å². The van der Waals surface area contributed by atoms with Gasteiger partial charge in [0.05, 0.1) is 30.7 Å². The van der Waals surface area contributed by atoms with Crippen LogP contribution >= 0.6 is 34.3 Å². The molecule has 0 fully saturated rings. The second-order valence-electron chi connectivity index (χ2n) is 45.9. The van der Waals surface area contributed by atoms with E-state index in [9.17, 15) is 4.79 Å². The van der Waals surface area contributed by atoms with Gasteiger partial charge in [-0.3, -0.25) is 0 Å². The highest BCUT2D eigenvalue weighted by molar-refractivity contribution is 7.13. The number of aromatic nitrogens is 2. The zero-order valence-electron chi connectivity index (χ0n) is 92.2. The topological polar surface area (TPSA) is 102 Å². The Morgan fingerprint density at radius 3 is 1.07 bits per heavy atom. The Bertz CT molecular complexity index is 6640. The van der Waals surface area contributed by atoms with Gasteiger partial charge in [0, 0.05) is 54.1 Å².